The van der Waals surface area contributed by atoms with Gasteiger partial charge in [-0.15, -0.1) is 0 Å². The Morgan fingerprint density at radius 3 is 0.491 bits per heavy atom. The lowest BCUT2D eigenvalue weighted by Gasteiger charge is -2.71. The van der Waals surface area contributed by atoms with Crippen LogP contribution in [0.4, 0.5) is 0 Å². The molecule has 0 bridgehead atoms. The van der Waals surface area contributed by atoms with Crippen molar-refractivity contribution in [3.8, 4) is 0 Å². The molecule has 7 heteroatoms. The summed E-state index contributed by atoms with van der Waals surface area (Å²) in [5.41, 5.74) is 16.9. The van der Waals surface area contributed by atoms with E-state index in [1.807, 2.05) is 52.0 Å². The van der Waals surface area contributed by atoms with Gasteiger partial charge in [0.1, 0.15) is 35.5 Å². The number of hydrogen-bond donors (Lipinski definition) is 0. The minimum atomic E-state index is -2.74. The molecule has 0 unspecified atom stereocenters. The van der Waals surface area contributed by atoms with Gasteiger partial charge in [0, 0.05) is 15.2 Å². The third-order valence-electron chi connectivity index (χ3n) is 18.6. The van der Waals surface area contributed by atoms with Crippen LogP contribution in [-0.2, 0) is 0 Å². The fourth-order valence-electron chi connectivity index (χ4n) is 15.8. The first-order valence-corrected chi connectivity index (χ1v) is 43.8. The summed E-state index contributed by atoms with van der Waals surface area (Å²) in [7, 11) is -16.7. The molecule has 290 valence electrons. The van der Waals surface area contributed by atoms with Gasteiger partial charge in [-0.25, -0.2) is 0 Å². The van der Waals surface area contributed by atoms with Crippen LogP contribution < -0.4 is 0 Å². The van der Waals surface area contributed by atoms with Gasteiger partial charge in [0.15, 0.2) is 0 Å². The van der Waals surface area contributed by atoms with E-state index in [-0.39, 0.29) is 0 Å². The maximum absolute atomic E-state index is 2.88. The molecule has 0 spiro atoms. The molecule has 0 N–H and O–H groups in total. The lowest BCUT2D eigenvalue weighted by atomic mass is 10.1. The van der Waals surface area contributed by atoms with E-state index in [0.29, 0.717) is 0 Å². The second-order valence-corrected chi connectivity index (χ2v) is 83.8. The highest BCUT2D eigenvalue weighted by Crippen LogP contribution is 2.70. The first-order valence-electron chi connectivity index (χ1n) is 20.8. The SMILES string of the molecule is CC1=C(C)[Si]([Si](C)(C)C)([Si]2([Si]3([Si]4([Si]5([Si](C)(C)C)C(C)=C(C)C(C)=C5C)C(C)=C(C)C(C)=C4C)C(C)=C(C)C(C)=C3C)C(C)=C(C)C(C)=C2C)C(C)=C1C. The van der Waals surface area contributed by atoms with Gasteiger partial charge < -0.3 is 0 Å². The van der Waals surface area contributed by atoms with Gasteiger partial charge in [0.25, 0.3) is 0 Å². The summed E-state index contributed by atoms with van der Waals surface area (Å²) >= 11 is 0. The second kappa shape index (κ2) is 12.5. The van der Waals surface area contributed by atoms with Crippen LogP contribution in [0.5, 0.6) is 0 Å². The van der Waals surface area contributed by atoms with Crippen LogP contribution in [0.3, 0.4) is 0 Å². The number of allylic oxidation sites excluding steroid dienone is 20. The van der Waals surface area contributed by atoms with Gasteiger partial charge in [0.05, 0.1) is 0 Å². The molecule has 5 rings (SSSR count). The summed E-state index contributed by atoms with van der Waals surface area (Å²) in [5.74, 6) is 0. The standard InChI is InChI=1S/C46H78Si7/c1-27-28(2)38(12)49(37(27)11,47(21,22)23)51(41(15)31(5)32(6)42(51)16)53(45(19)35(9)36(10)46(53)20)52(43(17)33(7)34(8)44(52)18)50(48(24,25)26)39(13)29(3)30(4)40(50)14/h1-26H3. The first-order chi connectivity index (χ1) is 23.9. The van der Waals surface area contributed by atoms with Gasteiger partial charge in [-0.1, -0.05) is 147 Å². The summed E-state index contributed by atoms with van der Waals surface area (Å²) in [6.45, 7) is 70.7. The quantitative estimate of drug-likeness (QED) is 0.234. The molecule has 0 fully saturated rings. The topological polar surface area (TPSA) is 0 Å². The zero-order valence-electron chi connectivity index (χ0n) is 39.5. The van der Waals surface area contributed by atoms with Crippen molar-refractivity contribution >= 4 is 50.7 Å². The average molecular weight is 828 g/mol. The van der Waals surface area contributed by atoms with Crippen LogP contribution in [0.15, 0.2) is 108 Å². The van der Waals surface area contributed by atoms with E-state index in [4.69, 9.17) is 0 Å². The fraction of sp³-hybridized carbons (Fsp3) is 0.565. The van der Waals surface area contributed by atoms with Crippen molar-refractivity contribution < 1.29 is 0 Å². The van der Waals surface area contributed by atoms with Crippen LogP contribution in [0.1, 0.15) is 138 Å². The van der Waals surface area contributed by atoms with Gasteiger partial charge in [0.2, 0.25) is 0 Å². The largest absolute Gasteiger partial charge is 0.110 e. The maximum atomic E-state index is 2.88. The summed E-state index contributed by atoms with van der Waals surface area (Å²) in [6.07, 6.45) is 0. The Morgan fingerprint density at radius 1 is 0.208 bits per heavy atom. The summed E-state index contributed by atoms with van der Waals surface area (Å²) in [5, 5.41) is 19.3. The van der Waals surface area contributed by atoms with Crippen LogP contribution in [0, 0.1) is 0 Å². The van der Waals surface area contributed by atoms with Crippen molar-refractivity contribution in [3.63, 3.8) is 0 Å². The van der Waals surface area contributed by atoms with Crippen molar-refractivity contribution in [2.75, 3.05) is 0 Å². The molecule has 0 amide bonds. The minimum Gasteiger partial charge on any atom is -0.0802 e. The summed E-state index contributed by atoms with van der Waals surface area (Å²) < 4.78 is 0. The van der Waals surface area contributed by atoms with Gasteiger partial charge in [-0.3, -0.25) is 0 Å². The minimum absolute atomic E-state index is 1.68. The molecular weight excluding hydrogens is 749 g/mol. The summed E-state index contributed by atoms with van der Waals surface area (Å²) in [4.78, 5) is 0. The van der Waals surface area contributed by atoms with E-state index >= 15 is 0 Å². The van der Waals surface area contributed by atoms with E-state index in [2.05, 4.69) is 178 Å². The van der Waals surface area contributed by atoms with Crippen LogP contribution in [0.25, 0.3) is 0 Å². The Kier molecular flexibility index (Phi) is 10.1. The van der Waals surface area contributed by atoms with Crippen LogP contribution in [-0.4, -0.2) is 50.7 Å². The highest BCUT2D eigenvalue weighted by molar-refractivity contribution is 8.09. The highest BCUT2D eigenvalue weighted by atomic mass is 30.1. The van der Waals surface area contributed by atoms with Crippen molar-refractivity contribution in [1.29, 1.82) is 0 Å². The predicted octanol–water partition coefficient (Wildman–Crippen LogP) is 14.2. The molecule has 0 aliphatic carbocycles. The molecule has 53 heavy (non-hydrogen) atoms. The smallest absolute Gasteiger partial charge is 0.0802 e. The molecule has 5 aliphatic heterocycles. The van der Waals surface area contributed by atoms with E-state index < -0.39 is 50.7 Å². The Labute approximate surface area is 334 Å². The van der Waals surface area contributed by atoms with Crippen LogP contribution in [0.2, 0.25) is 39.3 Å². The fourth-order valence-corrected chi connectivity index (χ4v) is 230. The molecule has 0 radical (unpaired) electrons. The highest BCUT2D eigenvalue weighted by Gasteiger charge is 2.87. The number of hydrogen-bond acceptors (Lipinski definition) is 0. The van der Waals surface area contributed by atoms with Crippen molar-refractivity contribution in [2.45, 2.75) is 178 Å². The van der Waals surface area contributed by atoms with Crippen molar-refractivity contribution in [1.82, 2.24) is 0 Å². The lowest BCUT2D eigenvalue weighted by molar-refractivity contribution is 1.31. The van der Waals surface area contributed by atoms with Gasteiger partial charge in [-0.2, -0.15) is 0 Å². The van der Waals surface area contributed by atoms with E-state index in [1.54, 1.807) is 55.7 Å². The molecule has 5 aliphatic rings. The third kappa shape index (κ3) is 4.08. The molecule has 0 aromatic rings. The van der Waals surface area contributed by atoms with Crippen molar-refractivity contribution in [3.05, 3.63) is 108 Å². The normalized spacial score (nSPS) is 25.9. The molecule has 5 heterocycles. The lowest BCUT2D eigenvalue weighted by Crippen LogP contribution is -2.99. The zero-order chi connectivity index (χ0) is 41.0. The molecule has 0 saturated heterocycles. The van der Waals surface area contributed by atoms with Crippen molar-refractivity contribution in [2.24, 2.45) is 0 Å². The number of rotatable bonds is 6. The molecule has 0 saturated carbocycles. The molecule has 0 aromatic heterocycles. The Bertz CT molecular complexity index is 1880. The maximum Gasteiger partial charge on any atom is 0.110 e. The molecule has 0 atom stereocenters. The Hall–Kier alpha value is -1.08. The Morgan fingerprint density at radius 2 is 0.340 bits per heavy atom. The Balaban J connectivity index is 2.43. The average Bonchev–Trinajstić information content (AvgIpc) is 3.58. The summed E-state index contributed by atoms with van der Waals surface area (Å²) in [6, 6.07) is 0. The monoisotopic (exact) mass is 826 g/mol. The first kappa shape index (κ1) is 43.0. The second-order valence-electron chi connectivity index (χ2n) is 20.8. The zero-order valence-corrected chi connectivity index (χ0v) is 46.5. The molecule has 0 nitrogen and oxygen atoms in total. The van der Waals surface area contributed by atoms with E-state index in [9.17, 15) is 0 Å². The van der Waals surface area contributed by atoms with Gasteiger partial charge >= 0.3 is 0 Å². The molecular formula is C46H78Si7. The van der Waals surface area contributed by atoms with Crippen LogP contribution >= 0.6 is 0 Å². The predicted molar refractivity (Wildman–Crippen MR) is 259 cm³/mol. The third-order valence-corrected chi connectivity index (χ3v) is 142. The molecule has 0 aromatic carbocycles. The van der Waals surface area contributed by atoms with E-state index in [0.717, 1.165) is 0 Å². The van der Waals surface area contributed by atoms with E-state index in [1.165, 1.54) is 0 Å². The van der Waals surface area contributed by atoms with Gasteiger partial charge in [-0.05, 0) is 138 Å².